The van der Waals surface area contributed by atoms with E-state index in [9.17, 15) is 9.59 Å². The Kier molecular flexibility index (Phi) is 2.35. The number of hydrogen-bond acceptors (Lipinski definition) is 2. The van der Waals surface area contributed by atoms with Gasteiger partial charge in [0.25, 0.3) is 5.91 Å². The molecule has 4 nitrogen and oxygen atoms in total. The lowest BCUT2D eigenvalue weighted by molar-refractivity contribution is -0.127. The smallest absolute Gasteiger partial charge is 0.255 e. The van der Waals surface area contributed by atoms with Crippen LogP contribution in [0.25, 0.3) is 0 Å². The molecule has 17 heavy (non-hydrogen) atoms. The summed E-state index contributed by atoms with van der Waals surface area (Å²) in [6.07, 6.45) is 1.71. The van der Waals surface area contributed by atoms with Gasteiger partial charge in [0.2, 0.25) is 5.91 Å². The highest BCUT2D eigenvalue weighted by Crippen LogP contribution is 2.26. The molecule has 1 fully saturated rings. The maximum atomic E-state index is 12.2. The molecule has 2 heterocycles. The second-order valence-electron chi connectivity index (χ2n) is 4.54. The van der Waals surface area contributed by atoms with Gasteiger partial charge in [-0.2, -0.15) is 0 Å². The van der Waals surface area contributed by atoms with E-state index < -0.39 is 0 Å². The van der Waals surface area contributed by atoms with E-state index >= 15 is 0 Å². The molecule has 1 unspecified atom stereocenters. The summed E-state index contributed by atoms with van der Waals surface area (Å²) < 4.78 is 0. The highest BCUT2D eigenvalue weighted by Gasteiger charge is 2.36. The lowest BCUT2D eigenvalue weighted by atomic mass is 10.1. The van der Waals surface area contributed by atoms with Crippen LogP contribution in [0.15, 0.2) is 24.3 Å². The van der Waals surface area contributed by atoms with Crippen molar-refractivity contribution in [3.63, 3.8) is 0 Å². The molecule has 0 spiro atoms. The van der Waals surface area contributed by atoms with Crippen LogP contribution in [0.3, 0.4) is 0 Å². The van der Waals surface area contributed by atoms with Crippen molar-refractivity contribution >= 4 is 11.8 Å². The zero-order chi connectivity index (χ0) is 11.8. The van der Waals surface area contributed by atoms with Gasteiger partial charge in [-0.15, -0.1) is 0 Å². The quantitative estimate of drug-likeness (QED) is 0.780. The minimum Gasteiger partial charge on any atom is -0.354 e. The predicted molar refractivity (Wildman–Crippen MR) is 62.3 cm³/mol. The van der Waals surface area contributed by atoms with Crippen LogP contribution < -0.4 is 5.32 Å². The maximum absolute atomic E-state index is 12.2. The molecule has 0 aliphatic carbocycles. The summed E-state index contributed by atoms with van der Waals surface area (Å²) in [7, 11) is 0. The average Bonchev–Trinajstić information content (AvgIpc) is 2.68. The van der Waals surface area contributed by atoms with Crippen LogP contribution in [0.5, 0.6) is 0 Å². The summed E-state index contributed by atoms with van der Waals surface area (Å²) in [5.41, 5.74) is 1.77. The van der Waals surface area contributed by atoms with Crippen LogP contribution in [-0.4, -0.2) is 29.3 Å². The molecule has 1 N–H and O–H groups in total. The number of carbonyl (C=O) groups excluding carboxylic acids is 2. The van der Waals surface area contributed by atoms with E-state index in [1.165, 1.54) is 0 Å². The van der Waals surface area contributed by atoms with Crippen molar-refractivity contribution in [3.05, 3.63) is 35.4 Å². The first-order valence-electron chi connectivity index (χ1n) is 5.94. The SMILES string of the molecule is O=C1NCCCC1N1Cc2ccccc2C1=O. The van der Waals surface area contributed by atoms with E-state index in [0.717, 1.165) is 30.5 Å². The van der Waals surface area contributed by atoms with Crippen LogP contribution in [-0.2, 0) is 11.3 Å². The topological polar surface area (TPSA) is 49.4 Å². The second kappa shape index (κ2) is 3.87. The van der Waals surface area contributed by atoms with Crippen molar-refractivity contribution in [2.45, 2.75) is 25.4 Å². The van der Waals surface area contributed by atoms with Crippen LogP contribution in [0, 0.1) is 0 Å². The first-order valence-corrected chi connectivity index (χ1v) is 5.94. The fourth-order valence-corrected chi connectivity index (χ4v) is 2.58. The van der Waals surface area contributed by atoms with E-state index in [0.29, 0.717) is 6.54 Å². The number of nitrogens with one attached hydrogen (secondary N) is 1. The van der Waals surface area contributed by atoms with Crippen LogP contribution >= 0.6 is 0 Å². The van der Waals surface area contributed by atoms with Gasteiger partial charge < -0.3 is 10.2 Å². The number of benzene rings is 1. The summed E-state index contributed by atoms with van der Waals surface area (Å²) in [5.74, 6) is -0.0277. The molecule has 0 aromatic heterocycles. The molecule has 0 radical (unpaired) electrons. The number of rotatable bonds is 1. The Bertz CT molecular complexity index is 484. The van der Waals surface area contributed by atoms with E-state index in [1.54, 1.807) is 4.90 Å². The molecule has 1 aromatic rings. The lowest BCUT2D eigenvalue weighted by Crippen LogP contribution is -2.50. The molecular formula is C13H14N2O2. The summed E-state index contributed by atoms with van der Waals surface area (Å²) in [5, 5.41) is 2.82. The van der Waals surface area contributed by atoms with Gasteiger partial charge >= 0.3 is 0 Å². The molecule has 2 aliphatic rings. The van der Waals surface area contributed by atoms with Crippen LogP contribution in [0.2, 0.25) is 0 Å². The second-order valence-corrected chi connectivity index (χ2v) is 4.54. The van der Waals surface area contributed by atoms with Gasteiger partial charge in [0, 0.05) is 18.7 Å². The minimum absolute atomic E-state index is 0.0114. The van der Waals surface area contributed by atoms with Crippen molar-refractivity contribution < 1.29 is 9.59 Å². The highest BCUT2D eigenvalue weighted by atomic mass is 16.2. The number of hydrogen-bond donors (Lipinski definition) is 1. The Hall–Kier alpha value is -1.84. The molecular weight excluding hydrogens is 216 g/mol. The standard InChI is InChI=1S/C13H14N2O2/c16-12-11(6-3-7-14-12)15-8-9-4-1-2-5-10(9)13(15)17/h1-2,4-5,11H,3,6-8H2,(H,14,16). The molecule has 1 atom stereocenters. The molecule has 0 saturated carbocycles. The number of piperidine rings is 1. The van der Waals surface area contributed by atoms with Crippen molar-refractivity contribution in [1.82, 2.24) is 10.2 Å². The number of nitrogens with zero attached hydrogens (tertiary/aromatic N) is 1. The summed E-state index contributed by atoms with van der Waals surface area (Å²) >= 11 is 0. The first kappa shape index (κ1) is 10.3. The Morgan fingerprint density at radius 1 is 1.24 bits per heavy atom. The van der Waals surface area contributed by atoms with Gasteiger partial charge in [-0.1, -0.05) is 18.2 Å². The predicted octanol–water partition coefficient (Wildman–Crippen LogP) is 0.921. The van der Waals surface area contributed by atoms with Crippen molar-refractivity contribution in [3.8, 4) is 0 Å². The van der Waals surface area contributed by atoms with Gasteiger partial charge in [-0.3, -0.25) is 9.59 Å². The van der Waals surface area contributed by atoms with Gasteiger partial charge in [0.1, 0.15) is 6.04 Å². The highest BCUT2D eigenvalue weighted by molar-refractivity contribution is 6.01. The van der Waals surface area contributed by atoms with Gasteiger partial charge in [-0.25, -0.2) is 0 Å². The van der Waals surface area contributed by atoms with Crippen LogP contribution in [0.4, 0.5) is 0 Å². The third-order valence-electron chi connectivity index (χ3n) is 3.48. The molecule has 2 aliphatic heterocycles. The van der Waals surface area contributed by atoms with E-state index in [4.69, 9.17) is 0 Å². The monoisotopic (exact) mass is 230 g/mol. The van der Waals surface area contributed by atoms with Gasteiger partial charge in [0.05, 0.1) is 0 Å². The van der Waals surface area contributed by atoms with E-state index in [2.05, 4.69) is 5.32 Å². The Balaban J connectivity index is 1.88. The fourth-order valence-electron chi connectivity index (χ4n) is 2.58. The molecule has 2 amide bonds. The maximum Gasteiger partial charge on any atom is 0.255 e. The van der Waals surface area contributed by atoms with Crippen molar-refractivity contribution in [1.29, 1.82) is 0 Å². The van der Waals surface area contributed by atoms with Crippen molar-refractivity contribution in [2.24, 2.45) is 0 Å². The summed E-state index contributed by atoms with van der Waals surface area (Å²) in [4.78, 5) is 25.7. The molecule has 88 valence electrons. The number of fused-ring (bicyclic) bond motifs is 1. The largest absolute Gasteiger partial charge is 0.354 e. The number of carbonyl (C=O) groups is 2. The Morgan fingerprint density at radius 2 is 2.06 bits per heavy atom. The van der Waals surface area contributed by atoms with Crippen molar-refractivity contribution in [2.75, 3.05) is 6.54 Å². The third-order valence-corrected chi connectivity index (χ3v) is 3.48. The number of amides is 2. The Morgan fingerprint density at radius 3 is 2.82 bits per heavy atom. The normalized spacial score (nSPS) is 23.5. The zero-order valence-electron chi connectivity index (χ0n) is 9.48. The lowest BCUT2D eigenvalue weighted by Gasteiger charge is -2.30. The third kappa shape index (κ3) is 1.60. The zero-order valence-corrected chi connectivity index (χ0v) is 9.48. The summed E-state index contributed by atoms with van der Waals surface area (Å²) in [6, 6.07) is 7.29. The molecule has 1 saturated heterocycles. The van der Waals surface area contributed by atoms with Crippen LogP contribution in [0.1, 0.15) is 28.8 Å². The molecule has 1 aromatic carbocycles. The summed E-state index contributed by atoms with van der Waals surface area (Å²) in [6.45, 7) is 1.29. The van der Waals surface area contributed by atoms with Gasteiger partial charge in [0.15, 0.2) is 0 Å². The van der Waals surface area contributed by atoms with E-state index in [1.807, 2.05) is 24.3 Å². The fraction of sp³-hybridized carbons (Fsp3) is 0.385. The molecule has 4 heteroatoms. The minimum atomic E-state index is -0.288. The Labute approximate surface area is 99.6 Å². The average molecular weight is 230 g/mol. The first-order chi connectivity index (χ1) is 8.27. The molecule has 0 bridgehead atoms. The van der Waals surface area contributed by atoms with E-state index in [-0.39, 0.29) is 17.9 Å². The molecule has 3 rings (SSSR count). The van der Waals surface area contributed by atoms with Gasteiger partial charge in [-0.05, 0) is 24.5 Å².